The molecule has 2 heteroatoms. The molecule has 0 amide bonds. The maximum Gasteiger partial charge on any atom is 0.0331 e. The maximum absolute atomic E-state index is 6.16. The average molecular weight is 197 g/mol. The van der Waals surface area contributed by atoms with Gasteiger partial charge in [0.25, 0.3) is 0 Å². The molecule has 0 spiro atoms. The van der Waals surface area contributed by atoms with Gasteiger partial charge in [0.1, 0.15) is 0 Å². The summed E-state index contributed by atoms with van der Waals surface area (Å²) in [4.78, 5) is 1.35. The molecule has 0 saturated heterocycles. The summed E-state index contributed by atoms with van der Waals surface area (Å²) in [6.07, 6.45) is 0. The van der Waals surface area contributed by atoms with Crippen LogP contribution in [0.2, 0.25) is 0 Å². The monoisotopic (exact) mass is 197 g/mol. The lowest BCUT2D eigenvalue weighted by molar-refractivity contribution is 0.353. The quantitative estimate of drug-likeness (QED) is 0.790. The first-order valence-electron chi connectivity index (χ1n) is 4.83. The zero-order valence-electron chi connectivity index (χ0n) is 8.87. The minimum atomic E-state index is 0.199. The molecule has 2 N–H and O–H groups in total. The second-order valence-corrected chi connectivity index (χ2v) is 5.23. The van der Waals surface area contributed by atoms with Gasteiger partial charge >= 0.3 is 0 Å². The molecule has 0 aliphatic carbocycles. The van der Waals surface area contributed by atoms with Crippen molar-refractivity contribution in [1.82, 2.24) is 0 Å². The Morgan fingerprint density at radius 1 is 1.31 bits per heavy atom. The second-order valence-electron chi connectivity index (χ2n) is 4.12. The Morgan fingerprint density at radius 2 is 1.92 bits per heavy atom. The summed E-state index contributed by atoms with van der Waals surface area (Å²) in [5.74, 6) is 1.20. The van der Waals surface area contributed by atoms with E-state index in [1.165, 1.54) is 10.4 Å². The molecule has 1 aromatic heterocycles. The minimum absolute atomic E-state index is 0.199. The fourth-order valence-electron chi connectivity index (χ4n) is 1.36. The van der Waals surface area contributed by atoms with Gasteiger partial charge in [-0.15, -0.1) is 11.3 Å². The SMILES string of the molecule is Cc1cc(C(N)C(C)C(C)C)cs1. The Hall–Kier alpha value is -0.340. The summed E-state index contributed by atoms with van der Waals surface area (Å²) >= 11 is 1.78. The van der Waals surface area contributed by atoms with Crippen molar-refractivity contribution in [2.45, 2.75) is 33.7 Å². The molecule has 0 bridgehead atoms. The molecule has 0 aliphatic heterocycles. The first-order valence-corrected chi connectivity index (χ1v) is 5.71. The third-order valence-electron chi connectivity index (χ3n) is 2.75. The summed E-state index contributed by atoms with van der Waals surface area (Å²) in [5, 5.41) is 2.18. The van der Waals surface area contributed by atoms with E-state index in [4.69, 9.17) is 5.73 Å². The van der Waals surface area contributed by atoms with E-state index in [0.29, 0.717) is 11.8 Å². The molecule has 2 atom stereocenters. The number of thiophene rings is 1. The summed E-state index contributed by atoms with van der Waals surface area (Å²) in [6.45, 7) is 8.80. The highest BCUT2D eigenvalue weighted by atomic mass is 32.1. The van der Waals surface area contributed by atoms with Crippen LogP contribution in [0.15, 0.2) is 11.4 Å². The third-order valence-corrected chi connectivity index (χ3v) is 3.63. The van der Waals surface area contributed by atoms with Crippen molar-refractivity contribution >= 4 is 11.3 Å². The summed E-state index contributed by atoms with van der Waals surface area (Å²) in [5.41, 5.74) is 7.45. The maximum atomic E-state index is 6.16. The number of hydrogen-bond acceptors (Lipinski definition) is 2. The molecule has 0 aromatic carbocycles. The molecule has 2 unspecified atom stereocenters. The van der Waals surface area contributed by atoms with E-state index < -0.39 is 0 Å². The molecular formula is C11H19NS. The van der Waals surface area contributed by atoms with Crippen LogP contribution in [0.3, 0.4) is 0 Å². The van der Waals surface area contributed by atoms with Crippen molar-refractivity contribution < 1.29 is 0 Å². The Morgan fingerprint density at radius 3 is 2.31 bits per heavy atom. The van der Waals surface area contributed by atoms with Gasteiger partial charge in [0.15, 0.2) is 0 Å². The lowest BCUT2D eigenvalue weighted by Crippen LogP contribution is -2.22. The van der Waals surface area contributed by atoms with E-state index >= 15 is 0 Å². The Bertz CT molecular complexity index is 265. The van der Waals surface area contributed by atoms with Crippen LogP contribution in [0.1, 0.15) is 37.3 Å². The van der Waals surface area contributed by atoms with Gasteiger partial charge in [-0.3, -0.25) is 0 Å². The molecular weight excluding hydrogens is 178 g/mol. The summed E-state index contributed by atoms with van der Waals surface area (Å²) < 4.78 is 0. The predicted octanol–water partition coefficient (Wildman–Crippen LogP) is 3.35. The van der Waals surface area contributed by atoms with Crippen molar-refractivity contribution in [3.63, 3.8) is 0 Å². The normalized spacial score (nSPS) is 16.2. The van der Waals surface area contributed by atoms with Crippen LogP contribution in [0, 0.1) is 18.8 Å². The molecule has 1 aromatic rings. The zero-order chi connectivity index (χ0) is 10.0. The fourth-order valence-corrected chi connectivity index (χ4v) is 2.11. The first kappa shape index (κ1) is 10.7. The van der Waals surface area contributed by atoms with Crippen LogP contribution in [-0.4, -0.2) is 0 Å². The van der Waals surface area contributed by atoms with Crippen molar-refractivity contribution in [3.05, 3.63) is 21.9 Å². The van der Waals surface area contributed by atoms with Gasteiger partial charge in [-0.05, 0) is 35.8 Å². The van der Waals surface area contributed by atoms with Gasteiger partial charge in [-0.1, -0.05) is 20.8 Å². The van der Waals surface area contributed by atoms with Gasteiger partial charge in [0.05, 0.1) is 0 Å². The van der Waals surface area contributed by atoms with Crippen molar-refractivity contribution in [3.8, 4) is 0 Å². The summed E-state index contributed by atoms with van der Waals surface area (Å²) in [7, 11) is 0. The average Bonchev–Trinajstić information content (AvgIpc) is 2.49. The largest absolute Gasteiger partial charge is 0.324 e. The standard InChI is InChI=1S/C11H19NS/c1-7(2)9(4)11(12)10-5-8(3)13-6-10/h5-7,9,11H,12H2,1-4H3. The second kappa shape index (κ2) is 4.25. The number of nitrogens with two attached hydrogens (primary N) is 1. The smallest absolute Gasteiger partial charge is 0.0331 e. The van der Waals surface area contributed by atoms with Crippen molar-refractivity contribution in [2.24, 2.45) is 17.6 Å². The summed E-state index contributed by atoms with van der Waals surface area (Å²) in [6, 6.07) is 2.40. The van der Waals surface area contributed by atoms with Gasteiger partial charge in [-0.25, -0.2) is 0 Å². The van der Waals surface area contributed by atoms with E-state index in [0.717, 1.165) is 0 Å². The molecule has 1 nitrogen and oxygen atoms in total. The lowest BCUT2D eigenvalue weighted by atomic mass is 9.88. The van der Waals surface area contributed by atoms with E-state index in [-0.39, 0.29) is 6.04 Å². The Kier molecular flexibility index (Phi) is 3.51. The predicted molar refractivity (Wildman–Crippen MR) is 60.0 cm³/mol. The Labute approximate surface area is 85.0 Å². The number of hydrogen-bond donors (Lipinski definition) is 1. The van der Waals surface area contributed by atoms with E-state index in [2.05, 4.69) is 39.1 Å². The van der Waals surface area contributed by atoms with Crippen molar-refractivity contribution in [1.29, 1.82) is 0 Å². The van der Waals surface area contributed by atoms with E-state index in [9.17, 15) is 0 Å². The lowest BCUT2D eigenvalue weighted by Gasteiger charge is -2.22. The molecule has 1 heterocycles. The molecule has 1 rings (SSSR count). The molecule has 0 saturated carbocycles. The van der Waals surface area contributed by atoms with Crippen LogP contribution in [0.5, 0.6) is 0 Å². The van der Waals surface area contributed by atoms with Gasteiger partial charge in [0.2, 0.25) is 0 Å². The van der Waals surface area contributed by atoms with Crippen LogP contribution in [0.4, 0.5) is 0 Å². The fraction of sp³-hybridized carbons (Fsp3) is 0.636. The molecule has 0 fully saturated rings. The van der Waals surface area contributed by atoms with Crippen molar-refractivity contribution in [2.75, 3.05) is 0 Å². The highest BCUT2D eigenvalue weighted by Gasteiger charge is 2.18. The zero-order valence-corrected chi connectivity index (χ0v) is 9.69. The van der Waals surface area contributed by atoms with Crippen LogP contribution < -0.4 is 5.73 Å². The number of rotatable bonds is 3. The molecule has 0 aliphatic rings. The topological polar surface area (TPSA) is 26.0 Å². The molecule has 13 heavy (non-hydrogen) atoms. The minimum Gasteiger partial charge on any atom is -0.324 e. The van der Waals surface area contributed by atoms with Gasteiger partial charge < -0.3 is 5.73 Å². The molecule has 0 radical (unpaired) electrons. The van der Waals surface area contributed by atoms with Crippen LogP contribution >= 0.6 is 11.3 Å². The third kappa shape index (κ3) is 2.55. The first-order chi connectivity index (χ1) is 6.02. The van der Waals surface area contributed by atoms with Gasteiger partial charge in [-0.2, -0.15) is 0 Å². The van der Waals surface area contributed by atoms with E-state index in [1.807, 2.05) is 0 Å². The van der Waals surface area contributed by atoms with Gasteiger partial charge in [0, 0.05) is 10.9 Å². The van der Waals surface area contributed by atoms with Crippen LogP contribution in [0.25, 0.3) is 0 Å². The van der Waals surface area contributed by atoms with Crippen LogP contribution in [-0.2, 0) is 0 Å². The van der Waals surface area contributed by atoms with E-state index in [1.54, 1.807) is 11.3 Å². The number of aryl methyl sites for hydroxylation is 1. The highest BCUT2D eigenvalue weighted by Crippen LogP contribution is 2.28. The Balaban J connectivity index is 2.73. The highest BCUT2D eigenvalue weighted by molar-refractivity contribution is 7.10. The molecule has 74 valence electrons.